The number of hydrogen-bond acceptors (Lipinski definition) is 3. The van der Waals surface area contributed by atoms with E-state index < -0.39 is 0 Å². The number of benzene rings is 1. The van der Waals surface area contributed by atoms with Crippen LogP contribution in [0.1, 0.15) is 21.6 Å². The van der Waals surface area contributed by atoms with Crippen LogP contribution in [-0.4, -0.2) is 27.1 Å². The Morgan fingerprint density at radius 3 is 2.81 bits per heavy atom. The molecule has 0 saturated carbocycles. The minimum absolute atomic E-state index is 0.140. The van der Waals surface area contributed by atoms with Crippen molar-refractivity contribution in [1.29, 1.82) is 0 Å². The molecule has 1 aromatic heterocycles. The Labute approximate surface area is 130 Å². The maximum atomic E-state index is 12.5. The predicted molar refractivity (Wildman–Crippen MR) is 82.1 cm³/mol. The largest absolute Gasteiger partial charge is 0.333 e. The van der Waals surface area contributed by atoms with Gasteiger partial charge < -0.3 is 4.90 Å². The molecular formula is C15H14BrN3O2. The molecule has 1 amide bonds. The van der Waals surface area contributed by atoms with Gasteiger partial charge in [0, 0.05) is 30.7 Å². The van der Waals surface area contributed by atoms with Gasteiger partial charge in [0.25, 0.3) is 11.5 Å². The molecule has 0 radical (unpaired) electrons. The molecule has 2 heterocycles. The fourth-order valence-corrected chi connectivity index (χ4v) is 2.88. The van der Waals surface area contributed by atoms with Crippen LogP contribution in [0.2, 0.25) is 0 Å². The lowest BCUT2D eigenvalue weighted by Crippen LogP contribution is -2.37. The van der Waals surface area contributed by atoms with Gasteiger partial charge in [-0.2, -0.15) is 5.10 Å². The van der Waals surface area contributed by atoms with Gasteiger partial charge in [0.05, 0.1) is 0 Å². The fraction of sp³-hybridized carbons (Fsp3) is 0.267. The Kier molecular flexibility index (Phi) is 3.63. The van der Waals surface area contributed by atoms with E-state index in [2.05, 4.69) is 27.1 Å². The van der Waals surface area contributed by atoms with Gasteiger partial charge in [-0.15, -0.1) is 0 Å². The Morgan fingerprint density at radius 2 is 2.05 bits per heavy atom. The lowest BCUT2D eigenvalue weighted by Gasteiger charge is -2.28. The summed E-state index contributed by atoms with van der Waals surface area (Å²) in [6, 6.07) is 8.98. The van der Waals surface area contributed by atoms with E-state index in [4.69, 9.17) is 0 Å². The summed E-state index contributed by atoms with van der Waals surface area (Å²) >= 11 is 3.46. The second-order valence-electron chi connectivity index (χ2n) is 5.07. The highest BCUT2D eigenvalue weighted by Gasteiger charge is 2.23. The molecule has 108 valence electrons. The van der Waals surface area contributed by atoms with Crippen LogP contribution in [0.25, 0.3) is 0 Å². The zero-order chi connectivity index (χ0) is 15.0. The predicted octanol–water partition coefficient (Wildman–Crippen LogP) is 1.74. The van der Waals surface area contributed by atoms with Crippen LogP contribution in [0.5, 0.6) is 0 Å². The third-order valence-corrected chi connectivity index (χ3v) is 4.14. The summed E-state index contributed by atoms with van der Waals surface area (Å²) in [5.41, 5.74) is 2.50. The van der Waals surface area contributed by atoms with Gasteiger partial charge in [-0.3, -0.25) is 9.59 Å². The van der Waals surface area contributed by atoms with E-state index in [9.17, 15) is 9.59 Å². The van der Waals surface area contributed by atoms with Crippen molar-refractivity contribution in [2.75, 3.05) is 6.54 Å². The number of aromatic nitrogens is 2. The van der Waals surface area contributed by atoms with Gasteiger partial charge in [0.1, 0.15) is 5.69 Å². The highest BCUT2D eigenvalue weighted by Crippen LogP contribution is 2.23. The van der Waals surface area contributed by atoms with E-state index in [-0.39, 0.29) is 11.5 Å². The number of rotatable bonds is 1. The zero-order valence-electron chi connectivity index (χ0n) is 11.5. The lowest BCUT2D eigenvalue weighted by molar-refractivity contribution is 0.0726. The Balaban J connectivity index is 1.85. The minimum atomic E-state index is -0.222. The van der Waals surface area contributed by atoms with Crippen LogP contribution in [0.4, 0.5) is 0 Å². The normalized spacial score (nSPS) is 13.9. The molecule has 1 aliphatic rings. The van der Waals surface area contributed by atoms with Crippen LogP contribution in [0.3, 0.4) is 0 Å². The monoisotopic (exact) mass is 347 g/mol. The summed E-state index contributed by atoms with van der Waals surface area (Å²) in [5, 5.41) is 4.02. The van der Waals surface area contributed by atoms with Crippen LogP contribution in [0, 0.1) is 0 Å². The Hall–Kier alpha value is -1.95. The second kappa shape index (κ2) is 5.44. The molecule has 0 fully saturated rings. The van der Waals surface area contributed by atoms with Crippen molar-refractivity contribution >= 4 is 21.8 Å². The summed E-state index contributed by atoms with van der Waals surface area (Å²) in [7, 11) is 1.54. The standard InChI is InChI=1S/C15H14BrN3O2/c1-18-14(20)5-4-13(17-18)15(21)19-7-6-10-8-12(16)3-2-11(10)9-19/h2-5,8H,6-7,9H2,1H3. The van der Waals surface area contributed by atoms with E-state index >= 15 is 0 Å². The number of nitrogens with zero attached hydrogens (tertiary/aromatic N) is 3. The van der Waals surface area contributed by atoms with E-state index in [1.54, 1.807) is 11.9 Å². The van der Waals surface area contributed by atoms with Crippen molar-refractivity contribution in [3.63, 3.8) is 0 Å². The quantitative estimate of drug-likeness (QED) is 0.789. The van der Waals surface area contributed by atoms with Crippen molar-refractivity contribution in [2.45, 2.75) is 13.0 Å². The van der Waals surface area contributed by atoms with Crippen molar-refractivity contribution in [2.24, 2.45) is 7.05 Å². The fourth-order valence-electron chi connectivity index (χ4n) is 2.47. The number of carbonyl (C=O) groups excluding carboxylic acids is 1. The molecule has 5 nitrogen and oxygen atoms in total. The highest BCUT2D eigenvalue weighted by molar-refractivity contribution is 9.10. The third kappa shape index (κ3) is 2.76. The van der Waals surface area contributed by atoms with Gasteiger partial charge in [-0.25, -0.2) is 4.68 Å². The molecule has 21 heavy (non-hydrogen) atoms. The molecule has 0 atom stereocenters. The summed E-state index contributed by atoms with van der Waals surface area (Å²) < 4.78 is 2.24. The number of hydrogen-bond donors (Lipinski definition) is 0. The molecular weight excluding hydrogens is 334 g/mol. The first kappa shape index (κ1) is 14.0. The van der Waals surface area contributed by atoms with Crippen molar-refractivity contribution < 1.29 is 4.79 Å². The number of halogens is 1. The lowest BCUT2D eigenvalue weighted by atomic mass is 10.00. The second-order valence-corrected chi connectivity index (χ2v) is 5.99. The van der Waals surface area contributed by atoms with Crippen LogP contribution < -0.4 is 5.56 Å². The molecule has 0 aliphatic carbocycles. The summed E-state index contributed by atoms with van der Waals surface area (Å²) in [5.74, 6) is -0.140. The highest BCUT2D eigenvalue weighted by atomic mass is 79.9. The smallest absolute Gasteiger partial charge is 0.274 e. The molecule has 0 unspecified atom stereocenters. The van der Waals surface area contributed by atoms with E-state index in [1.807, 2.05) is 12.1 Å². The van der Waals surface area contributed by atoms with E-state index in [1.165, 1.54) is 22.4 Å². The molecule has 0 bridgehead atoms. The van der Waals surface area contributed by atoms with Gasteiger partial charge >= 0.3 is 0 Å². The molecule has 2 aromatic rings. The summed E-state index contributed by atoms with van der Waals surface area (Å²) in [6.45, 7) is 1.23. The summed E-state index contributed by atoms with van der Waals surface area (Å²) in [4.78, 5) is 25.6. The average Bonchev–Trinajstić information content (AvgIpc) is 2.49. The van der Waals surface area contributed by atoms with Crippen molar-refractivity contribution in [3.8, 4) is 0 Å². The molecule has 1 aromatic carbocycles. The van der Waals surface area contributed by atoms with Gasteiger partial charge in [0.2, 0.25) is 0 Å². The Morgan fingerprint density at radius 1 is 1.24 bits per heavy atom. The average molecular weight is 348 g/mol. The topological polar surface area (TPSA) is 55.2 Å². The number of aryl methyl sites for hydroxylation is 1. The first-order valence-corrected chi connectivity index (χ1v) is 7.45. The maximum absolute atomic E-state index is 12.5. The first-order valence-electron chi connectivity index (χ1n) is 6.65. The third-order valence-electron chi connectivity index (χ3n) is 3.65. The van der Waals surface area contributed by atoms with Crippen LogP contribution >= 0.6 is 15.9 Å². The van der Waals surface area contributed by atoms with Gasteiger partial charge in [-0.05, 0) is 35.7 Å². The van der Waals surface area contributed by atoms with E-state index in [0.717, 1.165) is 16.5 Å². The molecule has 0 saturated heterocycles. The van der Waals surface area contributed by atoms with Crippen molar-refractivity contribution in [1.82, 2.24) is 14.7 Å². The maximum Gasteiger partial charge on any atom is 0.274 e. The van der Waals surface area contributed by atoms with E-state index in [0.29, 0.717) is 18.8 Å². The zero-order valence-corrected chi connectivity index (χ0v) is 13.1. The van der Waals surface area contributed by atoms with Crippen molar-refractivity contribution in [3.05, 3.63) is 62.0 Å². The van der Waals surface area contributed by atoms with Gasteiger partial charge in [0.15, 0.2) is 0 Å². The minimum Gasteiger partial charge on any atom is -0.333 e. The van der Waals surface area contributed by atoms with Gasteiger partial charge in [-0.1, -0.05) is 22.0 Å². The summed E-state index contributed by atoms with van der Waals surface area (Å²) in [6.07, 6.45) is 0.826. The van der Waals surface area contributed by atoms with Crippen LogP contribution in [-0.2, 0) is 20.0 Å². The number of amides is 1. The molecule has 0 N–H and O–H groups in total. The SMILES string of the molecule is Cn1nc(C(=O)N2CCc3cc(Br)ccc3C2)ccc1=O. The number of carbonyl (C=O) groups is 1. The molecule has 0 spiro atoms. The van der Waals surface area contributed by atoms with Crippen LogP contribution in [0.15, 0.2) is 39.6 Å². The molecule has 6 heteroatoms. The Bertz CT molecular complexity index is 770. The molecule has 1 aliphatic heterocycles. The molecule has 3 rings (SSSR count). The first-order chi connectivity index (χ1) is 10.0. The number of fused-ring (bicyclic) bond motifs is 1.